The Bertz CT molecular complexity index is 3980. The van der Waals surface area contributed by atoms with Crippen LogP contribution >= 0.6 is 0 Å². The number of anilines is 2. The summed E-state index contributed by atoms with van der Waals surface area (Å²) in [6.45, 7) is 8.63. The molecule has 0 radical (unpaired) electrons. The number of nitrogens with zero attached hydrogens (tertiary/aromatic N) is 4. The minimum atomic E-state index is 0.912. The highest BCUT2D eigenvalue weighted by molar-refractivity contribution is 6.16. The van der Waals surface area contributed by atoms with Crippen molar-refractivity contribution in [1.29, 1.82) is 0 Å². The molecule has 0 spiro atoms. The van der Waals surface area contributed by atoms with E-state index in [1.54, 1.807) is 0 Å². The molecule has 0 saturated carbocycles. The van der Waals surface area contributed by atoms with E-state index in [-0.39, 0.29) is 0 Å². The lowest BCUT2D eigenvalue weighted by atomic mass is 10.0. The maximum atomic E-state index is 6.22. The van der Waals surface area contributed by atoms with Crippen molar-refractivity contribution < 1.29 is 8.83 Å². The Labute approximate surface area is 419 Å². The lowest BCUT2D eigenvalue weighted by Gasteiger charge is -2.11. The van der Waals surface area contributed by atoms with Crippen LogP contribution in [-0.4, -0.2) is 37.3 Å². The van der Waals surface area contributed by atoms with E-state index in [1.807, 2.05) is 28.2 Å². The zero-order valence-electron chi connectivity index (χ0n) is 42.1. The molecule has 72 heavy (non-hydrogen) atoms. The van der Waals surface area contributed by atoms with Crippen LogP contribution in [0.15, 0.2) is 203 Å². The predicted octanol–water partition coefficient (Wildman–Crippen LogP) is 17.6. The molecular formula is C66H56N4O2. The Morgan fingerprint density at radius 3 is 0.917 bits per heavy atom. The van der Waals surface area contributed by atoms with E-state index in [9.17, 15) is 0 Å². The lowest BCUT2D eigenvalue weighted by Crippen LogP contribution is -2.07. The number of fused-ring (bicyclic) bond motifs is 13. The van der Waals surface area contributed by atoms with Crippen LogP contribution in [0.4, 0.5) is 11.4 Å². The molecule has 0 amide bonds. The number of aryl methyl sites for hydroxylation is 4. The molecule has 0 fully saturated rings. The van der Waals surface area contributed by atoms with E-state index >= 15 is 0 Å². The molecular weight excluding hydrogens is 881 g/mol. The molecule has 352 valence electrons. The van der Waals surface area contributed by atoms with Gasteiger partial charge in [-0.2, -0.15) is 0 Å². The maximum Gasteiger partial charge on any atom is 0.137 e. The molecule has 0 aliphatic rings. The highest BCUT2D eigenvalue weighted by Gasteiger charge is 2.16. The number of para-hydroxylation sites is 4. The average Bonchev–Trinajstić information content (AvgIpc) is 4.11. The number of furan rings is 2. The quantitative estimate of drug-likeness (QED) is 0.176. The summed E-state index contributed by atoms with van der Waals surface area (Å²) in [5.41, 5.74) is 18.7. The molecule has 0 aliphatic heterocycles. The summed E-state index contributed by atoms with van der Waals surface area (Å²) >= 11 is 0. The second-order valence-electron chi connectivity index (χ2n) is 19.8. The van der Waals surface area contributed by atoms with E-state index < -0.39 is 0 Å². The third-order valence-electron chi connectivity index (χ3n) is 14.1. The number of hydrogen-bond donors (Lipinski definition) is 0. The van der Waals surface area contributed by atoms with E-state index in [4.69, 9.17) is 8.83 Å². The van der Waals surface area contributed by atoms with Crippen molar-refractivity contribution in [3.8, 4) is 11.4 Å². The molecule has 14 rings (SSSR count). The van der Waals surface area contributed by atoms with Gasteiger partial charge in [0, 0.05) is 106 Å². The van der Waals surface area contributed by atoms with Crippen molar-refractivity contribution in [2.24, 2.45) is 0 Å². The SMILES string of the molecule is CN(C)c1ccc2c(c1)oc1cc3cc4c(cc3cc12)oc1cc(N(C)C)ccc14.Cc1cc(C)cc(-n2c3ccccc3c3ccccc32)c1.Cc1cc(C)cc(-n2c3ccccc3c3ccccc32)c1. The fourth-order valence-electron chi connectivity index (χ4n) is 10.9. The Hall–Kier alpha value is -8.74. The Morgan fingerprint density at radius 1 is 0.292 bits per heavy atom. The van der Waals surface area contributed by atoms with Crippen LogP contribution < -0.4 is 9.80 Å². The lowest BCUT2D eigenvalue weighted by molar-refractivity contribution is 0.668. The molecule has 0 unspecified atom stereocenters. The summed E-state index contributed by atoms with van der Waals surface area (Å²) in [5, 5.41) is 12.1. The molecule has 0 atom stereocenters. The van der Waals surface area contributed by atoms with Crippen molar-refractivity contribution in [3.05, 3.63) is 216 Å². The summed E-state index contributed by atoms with van der Waals surface area (Å²) in [4.78, 5) is 4.17. The first-order valence-corrected chi connectivity index (χ1v) is 24.7. The van der Waals surface area contributed by atoms with E-state index in [2.05, 4.69) is 241 Å². The first kappa shape index (κ1) is 44.5. The summed E-state index contributed by atoms with van der Waals surface area (Å²) in [6, 6.07) is 69.4. The summed E-state index contributed by atoms with van der Waals surface area (Å²) < 4.78 is 17.2. The van der Waals surface area contributed by atoms with Crippen LogP contribution in [0.3, 0.4) is 0 Å². The van der Waals surface area contributed by atoms with Crippen LogP contribution in [0.25, 0.3) is 110 Å². The average molecular weight is 937 g/mol. The zero-order chi connectivity index (χ0) is 49.4. The molecule has 10 aromatic carbocycles. The van der Waals surface area contributed by atoms with E-state index in [0.717, 1.165) is 66.0 Å². The Kier molecular flexibility index (Phi) is 10.9. The van der Waals surface area contributed by atoms with Gasteiger partial charge in [-0.15, -0.1) is 0 Å². The van der Waals surface area contributed by atoms with Gasteiger partial charge in [-0.05, 0) is 158 Å². The topological polar surface area (TPSA) is 42.6 Å². The molecule has 0 bridgehead atoms. The predicted molar refractivity (Wildman–Crippen MR) is 308 cm³/mol. The fraction of sp³-hybridized carbons (Fsp3) is 0.121. The van der Waals surface area contributed by atoms with Crippen molar-refractivity contribution in [1.82, 2.24) is 9.13 Å². The summed E-state index contributed by atoms with van der Waals surface area (Å²) in [7, 11) is 8.16. The van der Waals surface area contributed by atoms with Crippen LogP contribution in [0.2, 0.25) is 0 Å². The first-order chi connectivity index (χ1) is 34.9. The minimum absolute atomic E-state index is 0.912. The molecule has 0 N–H and O–H groups in total. The van der Waals surface area contributed by atoms with Gasteiger partial charge < -0.3 is 27.8 Å². The van der Waals surface area contributed by atoms with Gasteiger partial charge in [-0.3, -0.25) is 0 Å². The van der Waals surface area contributed by atoms with Crippen LogP contribution in [0.1, 0.15) is 22.3 Å². The van der Waals surface area contributed by atoms with Gasteiger partial charge >= 0.3 is 0 Å². The van der Waals surface area contributed by atoms with Crippen molar-refractivity contribution in [2.75, 3.05) is 38.0 Å². The van der Waals surface area contributed by atoms with Gasteiger partial charge in [0.05, 0.1) is 22.1 Å². The molecule has 0 saturated heterocycles. The maximum absolute atomic E-state index is 6.22. The Morgan fingerprint density at radius 2 is 0.597 bits per heavy atom. The van der Waals surface area contributed by atoms with E-state index in [1.165, 1.54) is 77.2 Å². The van der Waals surface area contributed by atoms with Gasteiger partial charge in [0.15, 0.2) is 0 Å². The zero-order valence-corrected chi connectivity index (χ0v) is 42.1. The van der Waals surface area contributed by atoms with Crippen LogP contribution in [-0.2, 0) is 0 Å². The van der Waals surface area contributed by atoms with Crippen molar-refractivity contribution >= 4 is 110 Å². The highest BCUT2D eigenvalue weighted by Crippen LogP contribution is 2.39. The third kappa shape index (κ3) is 7.76. The number of rotatable bonds is 4. The molecule has 6 nitrogen and oxygen atoms in total. The number of hydrogen-bond acceptors (Lipinski definition) is 4. The van der Waals surface area contributed by atoms with Gasteiger partial charge in [-0.25, -0.2) is 0 Å². The first-order valence-electron chi connectivity index (χ1n) is 24.7. The normalized spacial score (nSPS) is 11.6. The third-order valence-corrected chi connectivity index (χ3v) is 14.1. The number of benzene rings is 10. The van der Waals surface area contributed by atoms with Gasteiger partial charge in [-0.1, -0.05) is 84.9 Å². The fourth-order valence-corrected chi connectivity index (χ4v) is 10.9. The largest absolute Gasteiger partial charge is 0.456 e. The second kappa shape index (κ2) is 17.6. The number of aromatic nitrogens is 2. The summed E-state index contributed by atoms with van der Waals surface area (Å²) in [6.07, 6.45) is 0. The molecule has 6 heteroatoms. The minimum Gasteiger partial charge on any atom is -0.456 e. The molecule has 4 aromatic heterocycles. The van der Waals surface area contributed by atoms with Gasteiger partial charge in [0.1, 0.15) is 22.3 Å². The molecule has 0 aliphatic carbocycles. The molecule has 14 aromatic rings. The van der Waals surface area contributed by atoms with Crippen molar-refractivity contribution in [3.63, 3.8) is 0 Å². The van der Waals surface area contributed by atoms with Gasteiger partial charge in [0.2, 0.25) is 0 Å². The monoisotopic (exact) mass is 936 g/mol. The van der Waals surface area contributed by atoms with Crippen LogP contribution in [0, 0.1) is 27.7 Å². The highest BCUT2D eigenvalue weighted by atomic mass is 16.3. The standard InChI is InChI=1S/C26H22N2O2.2C20H17N/c1-27(2)17-5-7-19-21-9-15-12-24-22(10-16(15)11-23(21)29-25(19)13-17)20-8-6-18(28(3)4)14-26(20)30-24;2*1-14-11-15(2)13-16(12-14)21-19-9-5-3-7-17(19)18-8-4-6-10-20(18)21/h5-14H,1-4H3;2*3-13H,1-2H3. The second-order valence-corrected chi connectivity index (χ2v) is 19.8. The van der Waals surface area contributed by atoms with Crippen LogP contribution in [0.5, 0.6) is 0 Å². The summed E-state index contributed by atoms with van der Waals surface area (Å²) in [5.74, 6) is 0. The van der Waals surface area contributed by atoms with E-state index in [0.29, 0.717) is 0 Å². The van der Waals surface area contributed by atoms with Crippen molar-refractivity contribution in [2.45, 2.75) is 27.7 Å². The van der Waals surface area contributed by atoms with Gasteiger partial charge in [0.25, 0.3) is 0 Å². The smallest absolute Gasteiger partial charge is 0.137 e. The Balaban J connectivity index is 0.000000113. The molecule has 4 heterocycles.